The number of hydrogen-bond acceptors (Lipinski definition) is 4. The molecule has 7 rings (SSSR count). The van der Waals surface area contributed by atoms with E-state index in [0.717, 1.165) is 11.3 Å². The highest BCUT2D eigenvalue weighted by Crippen LogP contribution is 2.46. The van der Waals surface area contributed by atoms with E-state index in [2.05, 4.69) is 140 Å². The minimum absolute atomic E-state index is 0.868. The summed E-state index contributed by atoms with van der Waals surface area (Å²) < 4.78 is 1.18. The zero-order valence-corrected chi connectivity index (χ0v) is 30.5. The summed E-state index contributed by atoms with van der Waals surface area (Å²) in [5, 5.41) is 7.00. The molecule has 0 saturated heterocycles. The minimum atomic E-state index is 0.868. The zero-order valence-electron chi connectivity index (χ0n) is 28.1. The number of halogens is 1. The van der Waals surface area contributed by atoms with Crippen molar-refractivity contribution in [1.29, 1.82) is 0 Å². The lowest BCUT2D eigenvalue weighted by Gasteiger charge is -2.23. The molecule has 6 aromatic rings. The second kappa shape index (κ2) is 17.5. The van der Waals surface area contributed by atoms with Crippen LogP contribution >= 0.6 is 27.7 Å². The molecule has 5 heteroatoms. The molecule has 0 saturated carbocycles. The number of rotatable bonds is 2. The van der Waals surface area contributed by atoms with Gasteiger partial charge in [0.1, 0.15) is 0 Å². The highest BCUT2D eigenvalue weighted by molar-refractivity contribution is 9.10. The minimum Gasteiger partial charge on any atom is -0.399 e. The lowest BCUT2D eigenvalue weighted by molar-refractivity contribution is 1.25. The largest absolute Gasteiger partial charge is 0.399 e. The van der Waals surface area contributed by atoms with Crippen LogP contribution < -0.4 is 16.4 Å². The summed E-state index contributed by atoms with van der Waals surface area (Å²) in [7, 11) is 0. The smallest absolute Gasteiger partial charge is 0.0556 e. The van der Waals surface area contributed by atoms with Crippen LogP contribution in [0.25, 0.3) is 0 Å². The molecular weight excluding hydrogens is 658 g/mol. The normalized spacial score (nSPS) is 10.6. The van der Waals surface area contributed by atoms with Crippen molar-refractivity contribution < 1.29 is 0 Å². The molecule has 0 atom stereocenters. The summed E-state index contributed by atoms with van der Waals surface area (Å²) in [5.41, 5.74) is 18.8. The van der Waals surface area contributed by atoms with Crippen molar-refractivity contribution in [3.05, 3.63) is 171 Å². The van der Waals surface area contributed by atoms with Gasteiger partial charge in [-0.15, -0.1) is 0 Å². The zero-order chi connectivity index (χ0) is 33.8. The number of aryl methyl sites for hydroxylation is 6. The topological polar surface area (TPSA) is 50.1 Å². The molecule has 47 heavy (non-hydrogen) atoms. The van der Waals surface area contributed by atoms with Gasteiger partial charge in [-0.25, -0.2) is 0 Å². The van der Waals surface area contributed by atoms with Crippen molar-refractivity contribution in [3.8, 4) is 0 Å². The average molecular weight is 703 g/mol. The van der Waals surface area contributed by atoms with Gasteiger partial charge in [-0.2, -0.15) is 0 Å². The third kappa shape index (κ3) is 10.3. The number of nitrogens with two attached hydrogens (primary N) is 1. The molecule has 0 amide bonds. The van der Waals surface area contributed by atoms with Crippen molar-refractivity contribution in [2.45, 2.75) is 51.3 Å². The van der Waals surface area contributed by atoms with Crippen LogP contribution in [0.3, 0.4) is 0 Å². The van der Waals surface area contributed by atoms with Gasteiger partial charge < -0.3 is 16.4 Å². The van der Waals surface area contributed by atoms with Crippen LogP contribution in [-0.4, -0.2) is 0 Å². The van der Waals surface area contributed by atoms with Crippen molar-refractivity contribution in [2.24, 2.45) is 0 Å². The monoisotopic (exact) mass is 701 g/mol. The summed E-state index contributed by atoms with van der Waals surface area (Å²) >= 11 is 5.24. The van der Waals surface area contributed by atoms with Gasteiger partial charge in [0.25, 0.3) is 0 Å². The number of benzene rings is 6. The van der Waals surface area contributed by atoms with E-state index in [-0.39, 0.29) is 0 Å². The van der Waals surface area contributed by atoms with E-state index < -0.39 is 0 Å². The predicted octanol–water partition coefficient (Wildman–Crippen LogP) is 12.9. The molecule has 4 N–H and O–H groups in total. The molecule has 240 valence electrons. The number of nitrogens with one attached hydrogen (secondary N) is 2. The van der Waals surface area contributed by atoms with E-state index in [1.54, 1.807) is 0 Å². The quantitative estimate of drug-likeness (QED) is 0.157. The molecule has 0 unspecified atom stereocenters. The number of para-hydroxylation sites is 5. The SMILES string of the molecule is Cc1cccc2c1Nc1c(C)cccc1S2.Cc1ccccc1Br.Cc1ccccc1N.Cc1ccccc1Nc1ccccc1C. The van der Waals surface area contributed by atoms with Gasteiger partial charge in [-0.1, -0.05) is 125 Å². The highest BCUT2D eigenvalue weighted by Gasteiger charge is 2.17. The molecule has 1 heterocycles. The Balaban J connectivity index is 0.000000149. The Hall–Kier alpha value is -4.45. The molecule has 0 aliphatic carbocycles. The number of hydrogen-bond donors (Lipinski definition) is 3. The summed E-state index contributed by atoms with van der Waals surface area (Å²) in [6.07, 6.45) is 0. The van der Waals surface area contributed by atoms with E-state index in [4.69, 9.17) is 5.73 Å². The van der Waals surface area contributed by atoms with E-state index in [1.807, 2.05) is 73.3 Å². The Labute approximate surface area is 293 Å². The van der Waals surface area contributed by atoms with Crippen molar-refractivity contribution >= 4 is 56.1 Å². The number of fused-ring (bicyclic) bond motifs is 2. The molecule has 3 nitrogen and oxygen atoms in total. The van der Waals surface area contributed by atoms with Gasteiger partial charge in [0.05, 0.1) is 11.4 Å². The maximum atomic E-state index is 5.52. The van der Waals surface area contributed by atoms with Crippen molar-refractivity contribution in [2.75, 3.05) is 16.4 Å². The maximum absolute atomic E-state index is 5.52. The van der Waals surface area contributed by atoms with Crippen LogP contribution in [0.5, 0.6) is 0 Å². The van der Waals surface area contributed by atoms with Gasteiger partial charge in [-0.3, -0.25) is 0 Å². The van der Waals surface area contributed by atoms with Gasteiger partial charge >= 0.3 is 0 Å². The van der Waals surface area contributed by atoms with Crippen LogP contribution in [-0.2, 0) is 0 Å². The van der Waals surface area contributed by atoms with Crippen LogP contribution in [0, 0.1) is 41.5 Å². The first kappa shape index (κ1) is 35.4. The second-order valence-electron chi connectivity index (χ2n) is 11.5. The molecule has 1 aliphatic rings. The number of nitrogen functional groups attached to an aromatic ring is 1. The molecule has 0 fully saturated rings. The Bertz CT molecular complexity index is 1740. The van der Waals surface area contributed by atoms with E-state index in [1.165, 1.54) is 64.8 Å². The molecule has 0 bridgehead atoms. The lowest BCUT2D eigenvalue weighted by atomic mass is 10.1. The molecule has 0 spiro atoms. The van der Waals surface area contributed by atoms with Gasteiger partial charge in [0, 0.05) is 31.3 Å². The summed E-state index contributed by atoms with van der Waals surface area (Å²) in [4.78, 5) is 2.64. The molecule has 6 aromatic carbocycles. The highest BCUT2D eigenvalue weighted by atomic mass is 79.9. The third-order valence-electron chi connectivity index (χ3n) is 7.76. The predicted molar refractivity (Wildman–Crippen MR) is 210 cm³/mol. The fraction of sp³-hybridized carbons (Fsp3) is 0.143. The standard InChI is InChI=1S/C14H13NS.C14H15N.C7H7Br.C7H9N/c1-9-5-3-7-11-13(9)15-14-10(2)6-4-8-12(14)16-11;1-11-7-3-5-9-13(11)15-14-10-6-4-8-12(14)2;2*1-6-4-2-3-5-7(6)8/h3-8,15H,1-2H3;3-10,15H,1-2H3;2-5H,1H3;2-5H,8H2,1H3. The molecule has 0 aromatic heterocycles. The maximum Gasteiger partial charge on any atom is 0.0556 e. The van der Waals surface area contributed by atoms with Crippen LogP contribution in [0.4, 0.5) is 28.4 Å². The Morgan fingerprint density at radius 3 is 1.26 bits per heavy atom. The van der Waals surface area contributed by atoms with Crippen LogP contribution in [0.15, 0.2) is 148 Å². The first-order valence-electron chi connectivity index (χ1n) is 15.7. The first-order valence-corrected chi connectivity index (χ1v) is 17.3. The average Bonchev–Trinajstić information content (AvgIpc) is 3.07. The molecule has 1 aliphatic heterocycles. The molecular formula is C42H44BrN3S. The lowest BCUT2D eigenvalue weighted by Crippen LogP contribution is -2.03. The third-order valence-corrected chi connectivity index (χ3v) is 9.77. The van der Waals surface area contributed by atoms with Crippen LogP contribution in [0.2, 0.25) is 0 Å². The number of anilines is 5. The fourth-order valence-electron chi connectivity index (χ4n) is 4.72. The van der Waals surface area contributed by atoms with Gasteiger partial charge in [0.2, 0.25) is 0 Å². The van der Waals surface area contributed by atoms with Gasteiger partial charge in [-0.05, 0) is 111 Å². The summed E-state index contributed by atoms with van der Waals surface area (Å²) in [6, 6.07) is 45.5. The second-order valence-corrected chi connectivity index (χ2v) is 13.4. The molecule has 0 radical (unpaired) electrons. The Morgan fingerprint density at radius 1 is 0.468 bits per heavy atom. The van der Waals surface area contributed by atoms with E-state index >= 15 is 0 Å². The fourth-order valence-corrected chi connectivity index (χ4v) is 6.17. The Kier molecular flexibility index (Phi) is 13.2. The summed E-state index contributed by atoms with van der Waals surface area (Å²) in [5.74, 6) is 0. The summed E-state index contributed by atoms with van der Waals surface area (Å²) in [6.45, 7) is 12.6. The first-order chi connectivity index (χ1) is 22.6. The van der Waals surface area contributed by atoms with Crippen LogP contribution in [0.1, 0.15) is 33.4 Å². The van der Waals surface area contributed by atoms with Gasteiger partial charge in [0.15, 0.2) is 0 Å². The Morgan fingerprint density at radius 2 is 0.872 bits per heavy atom. The van der Waals surface area contributed by atoms with Crippen molar-refractivity contribution in [1.82, 2.24) is 0 Å². The van der Waals surface area contributed by atoms with E-state index in [9.17, 15) is 0 Å². The van der Waals surface area contributed by atoms with E-state index in [0.29, 0.717) is 0 Å². The van der Waals surface area contributed by atoms with Crippen molar-refractivity contribution in [3.63, 3.8) is 0 Å².